The summed E-state index contributed by atoms with van der Waals surface area (Å²) in [5.41, 5.74) is 16.3. The average molecular weight is 600 g/mol. The fourth-order valence-electron chi connectivity index (χ4n) is 7.38. The average Bonchev–Trinajstić information content (AvgIpc) is 3.12. The Hall–Kier alpha value is -5.92. The van der Waals surface area contributed by atoms with Gasteiger partial charge in [0, 0.05) is 11.4 Å². The summed E-state index contributed by atoms with van der Waals surface area (Å²) in [5, 5.41) is 5.08. The highest BCUT2D eigenvalue weighted by molar-refractivity contribution is 6.12. The van der Waals surface area contributed by atoms with Crippen LogP contribution in [0.3, 0.4) is 0 Å². The number of benzene rings is 8. The van der Waals surface area contributed by atoms with Crippen molar-refractivity contribution >= 4 is 38.6 Å². The molecule has 0 fully saturated rings. The summed E-state index contributed by atoms with van der Waals surface area (Å²) in [7, 11) is 0. The fraction of sp³-hybridized carbons (Fsp3) is 0.0435. The lowest BCUT2D eigenvalue weighted by Crippen LogP contribution is -2.13. The Morgan fingerprint density at radius 3 is 1.40 bits per heavy atom. The summed E-state index contributed by atoms with van der Waals surface area (Å²) < 4.78 is 0. The van der Waals surface area contributed by atoms with E-state index in [-0.39, 0.29) is 0 Å². The Bertz CT molecular complexity index is 2450. The van der Waals surface area contributed by atoms with Crippen LogP contribution in [-0.2, 0) is 0 Å². The third-order valence-electron chi connectivity index (χ3n) is 9.76. The number of hydrogen-bond acceptors (Lipinski definition) is 1. The predicted octanol–water partition coefficient (Wildman–Crippen LogP) is 13.1. The minimum atomic E-state index is 1.15. The van der Waals surface area contributed by atoms with Crippen molar-refractivity contribution < 1.29 is 0 Å². The molecule has 0 saturated heterocycles. The van der Waals surface area contributed by atoms with Gasteiger partial charge < -0.3 is 4.90 Å². The zero-order valence-corrected chi connectivity index (χ0v) is 26.5. The summed E-state index contributed by atoms with van der Waals surface area (Å²) in [6.45, 7) is 4.43. The van der Waals surface area contributed by atoms with Crippen LogP contribution >= 0.6 is 0 Å². The van der Waals surface area contributed by atoms with E-state index in [4.69, 9.17) is 0 Å². The Morgan fingerprint density at radius 2 is 0.787 bits per heavy atom. The predicted molar refractivity (Wildman–Crippen MR) is 201 cm³/mol. The normalized spacial score (nSPS) is 11.6. The zero-order valence-electron chi connectivity index (χ0n) is 26.5. The summed E-state index contributed by atoms with van der Waals surface area (Å²) in [4.78, 5) is 2.43. The van der Waals surface area contributed by atoms with E-state index in [0.717, 1.165) is 11.4 Å². The van der Waals surface area contributed by atoms with Gasteiger partial charge in [0.25, 0.3) is 0 Å². The molecule has 8 aromatic carbocycles. The van der Waals surface area contributed by atoms with Crippen molar-refractivity contribution in [3.8, 4) is 44.5 Å². The molecule has 0 atom stereocenters. The van der Waals surface area contributed by atoms with E-state index in [1.807, 2.05) is 0 Å². The lowest BCUT2D eigenvalue weighted by Gasteiger charge is -2.30. The number of anilines is 3. The van der Waals surface area contributed by atoms with Crippen molar-refractivity contribution in [1.82, 2.24) is 0 Å². The van der Waals surface area contributed by atoms with Gasteiger partial charge in [-0.25, -0.2) is 0 Å². The van der Waals surface area contributed by atoms with Crippen LogP contribution in [0, 0.1) is 13.8 Å². The first-order valence-corrected chi connectivity index (χ1v) is 16.3. The van der Waals surface area contributed by atoms with Crippen LogP contribution in [0.5, 0.6) is 0 Å². The number of hydrogen-bond donors (Lipinski definition) is 0. The van der Waals surface area contributed by atoms with Crippen LogP contribution in [0.25, 0.3) is 66.1 Å². The molecule has 0 bridgehead atoms. The maximum absolute atomic E-state index is 2.43. The quantitative estimate of drug-likeness (QED) is 0.190. The Morgan fingerprint density at radius 1 is 0.319 bits per heavy atom. The van der Waals surface area contributed by atoms with Crippen molar-refractivity contribution in [2.24, 2.45) is 0 Å². The molecule has 47 heavy (non-hydrogen) atoms. The van der Waals surface area contributed by atoms with Gasteiger partial charge in [-0.05, 0) is 146 Å². The molecule has 8 aromatic rings. The third-order valence-corrected chi connectivity index (χ3v) is 9.76. The molecule has 0 radical (unpaired) electrons. The molecule has 1 nitrogen and oxygen atoms in total. The molecule has 0 N–H and O–H groups in total. The summed E-state index contributed by atoms with van der Waals surface area (Å²) in [6, 6.07) is 60.1. The van der Waals surface area contributed by atoms with E-state index in [0.29, 0.717) is 0 Å². The highest BCUT2D eigenvalue weighted by Crippen LogP contribution is 2.51. The van der Waals surface area contributed by atoms with Gasteiger partial charge in [0.1, 0.15) is 0 Å². The molecular formula is C46H33N. The molecule has 0 spiro atoms. The molecule has 0 aliphatic heterocycles. The van der Waals surface area contributed by atoms with Crippen molar-refractivity contribution in [3.63, 3.8) is 0 Å². The summed E-state index contributed by atoms with van der Waals surface area (Å²) in [5.74, 6) is 0. The SMILES string of the molecule is Cc1cccc(C)c1N(c1cccc(-c2ccccc2)c1)c1ccc2cc3c(cc2c1)-c1cc2cc(-c4ccccc4)ccc2cc1-3. The van der Waals surface area contributed by atoms with Gasteiger partial charge in [0.2, 0.25) is 0 Å². The topological polar surface area (TPSA) is 3.24 Å². The third kappa shape index (κ3) is 4.63. The maximum atomic E-state index is 2.43. The van der Waals surface area contributed by atoms with E-state index in [2.05, 4.69) is 183 Å². The van der Waals surface area contributed by atoms with Gasteiger partial charge >= 0.3 is 0 Å². The second kappa shape index (κ2) is 10.9. The van der Waals surface area contributed by atoms with Crippen LogP contribution in [0.4, 0.5) is 17.1 Å². The summed E-state index contributed by atoms with van der Waals surface area (Å²) in [6.07, 6.45) is 0. The molecule has 0 aromatic heterocycles. The van der Waals surface area contributed by atoms with E-state index in [1.165, 1.54) is 82.9 Å². The highest BCUT2D eigenvalue weighted by Gasteiger charge is 2.25. The second-order valence-electron chi connectivity index (χ2n) is 12.7. The van der Waals surface area contributed by atoms with Crippen LogP contribution in [-0.4, -0.2) is 0 Å². The van der Waals surface area contributed by atoms with Gasteiger partial charge in [0.15, 0.2) is 0 Å². The monoisotopic (exact) mass is 599 g/mol. The largest absolute Gasteiger partial charge is 0.310 e. The zero-order chi connectivity index (χ0) is 31.5. The minimum absolute atomic E-state index is 1.15. The maximum Gasteiger partial charge on any atom is 0.0519 e. The van der Waals surface area contributed by atoms with Gasteiger partial charge in [-0.15, -0.1) is 0 Å². The Balaban J connectivity index is 1.16. The number of para-hydroxylation sites is 1. The first kappa shape index (κ1) is 27.4. The number of aryl methyl sites for hydroxylation is 2. The molecule has 222 valence electrons. The first-order valence-electron chi connectivity index (χ1n) is 16.3. The Kier molecular flexibility index (Phi) is 6.33. The minimum Gasteiger partial charge on any atom is -0.310 e. The van der Waals surface area contributed by atoms with E-state index in [9.17, 15) is 0 Å². The van der Waals surface area contributed by atoms with Crippen LogP contribution in [0.2, 0.25) is 0 Å². The van der Waals surface area contributed by atoms with E-state index in [1.54, 1.807) is 0 Å². The van der Waals surface area contributed by atoms with Crippen molar-refractivity contribution in [1.29, 1.82) is 0 Å². The van der Waals surface area contributed by atoms with Crippen molar-refractivity contribution in [2.45, 2.75) is 13.8 Å². The van der Waals surface area contributed by atoms with Crippen LogP contribution in [0.15, 0.2) is 164 Å². The molecular weight excluding hydrogens is 567 g/mol. The van der Waals surface area contributed by atoms with Crippen molar-refractivity contribution in [2.75, 3.05) is 4.90 Å². The van der Waals surface area contributed by atoms with Gasteiger partial charge in [-0.1, -0.05) is 109 Å². The first-order chi connectivity index (χ1) is 23.1. The van der Waals surface area contributed by atoms with Crippen molar-refractivity contribution in [3.05, 3.63) is 175 Å². The number of fused-ring (bicyclic) bond motifs is 6. The lowest BCUT2D eigenvalue weighted by molar-refractivity contribution is 1.22. The molecule has 0 amide bonds. The number of rotatable bonds is 5. The second-order valence-corrected chi connectivity index (χ2v) is 12.7. The standard InChI is InChI=1S/C46H33N/c1-30-11-9-12-31(2)46(30)47(40-18-10-17-34(24-40)32-13-5-3-6-14-32)41-22-21-37-27-43-42-26-36-20-19-35(33-15-7-4-8-16-33)23-38(36)28-44(42)45(43)29-39(37)25-41/h3-29H,1-2H3. The summed E-state index contributed by atoms with van der Waals surface area (Å²) >= 11 is 0. The van der Waals surface area contributed by atoms with Gasteiger partial charge in [-0.2, -0.15) is 0 Å². The van der Waals surface area contributed by atoms with E-state index >= 15 is 0 Å². The van der Waals surface area contributed by atoms with Gasteiger partial charge in [-0.3, -0.25) is 0 Å². The Labute approximate surface area is 276 Å². The molecule has 0 saturated carbocycles. The van der Waals surface area contributed by atoms with Crippen LogP contribution in [0.1, 0.15) is 11.1 Å². The number of nitrogens with zero attached hydrogens (tertiary/aromatic N) is 1. The van der Waals surface area contributed by atoms with E-state index < -0.39 is 0 Å². The van der Waals surface area contributed by atoms with Crippen LogP contribution < -0.4 is 4.90 Å². The van der Waals surface area contributed by atoms with Gasteiger partial charge in [0.05, 0.1) is 5.69 Å². The molecule has 1 aliphatic rings. The molecule has 0 unspecified atom stereocenters. The lowest BCUT2D eigenvalue weighted by atomic mass is 9.77. The fourth-order valence-corrected chi connectivity index (χ4v) is 7.38. The highest BCUT2D eigenvalue weighted by atomic mass is 15.1. The molecule has 1 aliphatic carbocycles. The molecule has 1 heteroatoms. The molecule has 9 rings (SSSR count). The molecule has 0 heterocycles. The smallest absolute Gasteiger partial charge is 0.0519 e.